The lowest BCUT2D eigenvalue weighted by molar-refractivity contribution is -0.136. The molecule has 6 heteroatoms. The summed E-state index contributed by atoms with van der Waals surface area (Å²) < 4.78 is 37.8. The van der Waals surface area contributed by atoms with Crippen LogP contribution in [0, 0.1) is 0 Å². The van der Waals surface area contributed by atoms with E-state index in [9.17, 15) is 13.2 Å². The van der Waals surface area contributed by atoms with Gasteiger partial charge in [0, 0.05) is 13.2 Å². The number of rotatable bonds is 4. The number of aliphatic hydroxyl groups is 1. The molecule has 0 amide bonds. The van der Waals surface area contributed by atoms with Gasteiger partial charge in [0.15, 0.2) is 0 Å². The Balaban J connectivity index is 2.95. The van der Waals surface area contributed by atoms with Crippen molar-refractivity contribution in [1.29, 1.82) is 0 Å². The predicted molar refractivity (Wildman–Crippen MR) is 56.6 cm³/mol. The van der Waals surface area contributed by atoms with Crippen LogP contribution in [0.5, 0.6) is 0 Å². The first kappa shape index (κ1) is 13.1. The first-order valence-electron chi connectivity index (χ1n) is 4.67. The summed E-state index contributed by atoms with van der Waals surface area (Å²) in [6.45, 7) is 0.155. The van der Waals surface area contributed by atoms with E-state index in [1.54, 1.807) is 0 Å². The monoisotopic (exact) mass is 253 g/mol. The van der Waals surface area contributed by atoms with E-state index in [1.165, 1.54) is 12.1 Å². The van der Waals surface area contributed by atoms with Gasteiger partial charge in [0.05, 0.1) is 16.3 Å². The molecule has 0 spiro atoms. The standard InChI is InChI=1S/C10H11ClF3NO/c11-8-4-1-3-7(10(12,13)14)9(8)15-5-2-6-16/h1,3-4,15-16H,2,5-6H2. The van der Waals surface area contributed by atoms with Gasteiger partial charge in [-0.15, -0.1) is 0 Å². The molecule has 90 valence electrons. The van der Waals surface area contributed by atoms with Crippen molar-refractivity contribution < 1.29 is 18.3 Å². The van der Waals surface area contributed by atoms with Crippen LogP contribution in [-0.4, -0.2) is 18.3 Å². The summed E-state index contributed by atoms with van der Waals surface area (Å²) in [6.07, 6.45) is -4.07. The molecule has 2 nitrogen and oxygen atoms in total. The van der Waals surface area contributed by atoms with Crippen LogP contribution in [0.1, 0.15) is 12.0 Å². The molecule has 0 saturated carbocycles. The number of hydrogen-bond acceptors (Lipinski definition) is 2. The van der Waals surface area contributed by atoms with Crippen LogP contribution in [0.15, 0.2) is 18.2 Å². The van der Waals surface area contributed by atoms with E-state index < -0.39 is 11.7 Å². The molecule has 0 heterocycles. The van der Waals surface area contributed by atoms with E-state index in [2.05, 4.69) is 5.32 Å². The molecule has 16 heavy (non-hydrogen) atoms. The molecule has 1 aromatic carbocycles. The summed E-state index contributed by atoms with van der Waals surface area (Å²) in [5, 5.41) is 11.1. The fourth-order valence-corrected chi connectivity index (χ4v) is 1.47. The molecule has 0 bridgehead atoms. The molecule has 0 aliphatic heterocycles. The van der Waals surface area contributed by atoms with E-state index in [1.807, 2.05) is 0 Å². The summed E-state index contributed by atoms with van der Waals surface area (Å²) in [7, 11) is 0. The van der Waals surface area contributed by atoms with E-state index >= 15 is 0 Å². The number of para-hydroxylation sites is 1. The van der Waals surface area contributed by atoms with Crippen LogP contribution in [0.2, 0.25) is 5.02 Å². The fourth-order valence-electron chi connectivity index (χ4n) is 1.23. The smallest absolute Gasteiger partial charge is 0.396 e. The Morgan fingerprint density at radius 3 is 2.56 bits per heavy atom. The second kappa shape index (κ2) is 5.41. The van der Waals surface area contributed by atoms with Crippen molar-refractivity contribution in [3.05, 3.63) is 28.8 Å². The van der Waals surface area contributed by atoms with E-state index in [0.717, 1.165) is 6.07 Å². The molecule has 1 aromatic rings. The van der Waals surface area contributed by atoms with E-state index in [4.69, 9.17) is 16.7 Å². The highest BCUT2D eigenvalue weighted by atomic mass is 35.5. The topological polar surface area (TPSA) is 32.3 Å². The van der Waals surface area contributed by atoms with Crippen molar-refractivity contribution in [2.24, 2.45) is 0 Å². The third kappa shape index (κ3) is 3.28. The maximum Gasteiger partial charge on any atom is 0.418 e. The number of benzene rings is 1. The van der Waals surface area contributed by atoms with Crippen LogP contribution in [0.3, 0.4) is 0 Å². The lowest BCUT2D eigenvalue weighted by Crippen LogP contribution is -2.12. The maximum absolute atomic E-state index is 12.6. The molecule has 0 atom stereocenters. The van der Waals surface area contributed by atoms with Crippen LogP contribution in [-0.2, 0) is 6.18 Å². The van der Waals surface area contributed by atoms with Crippen molar-refractivity contribution in [1.82, 2.24) is 0 Å². The zero-order valence-corrected chi connectivity index (χ0v) is 9.07. The van der Waals surface area contributed by atoms with Crippen LogP contribution < -0.4 is 5.32 Å². The Morgan fingerprint density at radius 2 is 2.00 bits per heavy atom. The molecule has 0 saturated heterocycles. The minimum atomic E-state index is -4.44. The van der Waals surface area contributed by atoms with Crippen molar-refractivity contribution in [3.63, 3.8) is 0 Å². The number of aliphatic hydroxyl groups excluding tert-OH is 1. The molecule has 0 aromatic heterocycles. The summed E-state index contributed by atoms with van der Waals surface area (Å²) in [6, 6.07) is 3.60. The van der Waals surface area contributed by atoms with Crippen LogP contribution >= 0.6 is 11.6 Å². The van der Waals surface area contributed by atoms with Gasteiger partial charge in [0.1, 0.15) is 0 Å². The fraction of sp³-hybridized carbons (Fsp3) is 0.400. The van der Waals surface area contributed by atoms with Gasteiger partial charge in [0.25, 0.3) is 0 Å². The average molecular weight is 254 g/mol. The lowest BCUT2D eigenvalue weighted by atomic mass is 10.1. The van der Waals surface area contributed by atoms with Gasteiger partial charge in [-0.3, -0.25) is 0 Å². The van der Waals surface area contributed by atoms with Gasteiger partial charge in [0.2, 0.25) is 0 Å². The first-order valence-corrected chi connectivity index (χ1v) is 5.05. The minimum Gasteiger partial charge on any atom is -0.396 e. The Kier molecular flexibility index (Phi) is 4.44. The van der Waals surface area contributed by atoms with Crippen molar-refractivity contribution in [3.8, 4) is 0 Å². The van der Waals surface area contributed by atoms with Crippen LogP contribution in [0.4, 0.5) is 18.9 Å². The highest BCUT2D eigenvalue weighted by molar-refractivity contribution is 6.33. The highest BCUT2D eigenvalue weighted by Crippen LogP contribution is 2.38. The van der Waals surface area contributed by atoms with E-state index in [0.29, 0.717) is 6.42 Å². The molecular weight excluding hydrogens is 243 g/mol. The zero-order valence-electron chi connectivity index (χ0n) is 8.31. The SMILES string of the molecule is OCCCNc1c(Cl)cccc1C(F)(F)F. The lowest BCUT2D eigenvalue weighted by Gasteiger charge is -2.15. The van der Waals surface area contributed by atoms with Gasteiger partial charge < -0.3 is 10.4 Å². The first-order chi connectivity index (χ1) is 7.46. The van der Waals surface area contributed by atoms with Crippen molar-refractivity contribution in [2.75, 3.05) is 18.5 Å². The minimum absolute atomic E-state index is 0.0211. The number of anilines is 1. The normalized spacial score (nSPS) is 11.6. The second-order valence-electron chi connectivity index (χ2n) is 3.16. The summed E-state index contributed by atoms with van der Waals surface area (Å²) in [4.78, 5) is 0. The zero-order chi connectivity index (χ0) is 12.2. The number of alkyl halides is 3. The maximum atomic E-state index is 12.6. The Hall–Kier alpha value is -0.940. The summed E-state index contributed by atoms with van der Waals surface area (Å²) >= 11 is 5.69. The Bertz CT molecular complexity index is 354. The van der Waals surface area contributed by atoms with Gasteiger partial charge in [-0.05, 0) is 18.6 Å². The van der Waals surface area contributed by atoms with Gasteiger partial charge >= 0.3 is 6.18 Å². The van der Waals surface area contributed by atoms with Gasteiger partial charge in [-0.25, -0.2) is 0 Å². The molecule has 2 N–H and O–H groups in total. The molecule has 0 unspecified atom stereocenters. The predicted octanol–water partition coefficient (Wildman–Crippen LogP) is 3.15. The molecule has 0 radical (unpaired) electrons. The second-order valence-corrected chi connectivity index (χ2v) is 3.57. The molecule has 0 aliphatic rings. The van der Waals surface area contributed by atoms with Gasteiger partial charge in [-0.1, -0.05) is 17.7 Å². The quantitative estimate of drug-likeness (QED) is 0.808. The van der Waals surface area contributed by atoms with Crippen molar-refractivity contribution >= 4 is 17.3 Å². The Morgan fingerprint density at radius 1 is 1.31 bits per heavy atom. The molecule has 0 fully saturated rings. The number of halogens is 4. The Labute approximate surface area is 96.0 Å². The molecular formula is C10H11ClF3NO. The van der Waals surface area contributed by atoms with Crippen molar-refractivity contribution in [2.45, 2.75) is 12.6 Å². The number of nitrogens with one attached hydrogen (secondary N) is 1. The third-order valence-corrected chi connectivity index (χ3v) is 2.27. The van der Waals surface area contributed by atoms with Crippen LogP contribution in [0.25, 0.3) is 0 Å². The number of hydrogen-bond donors (Lipinski definition) is 2. The third-order valence-electron chi connectivity index (χ3n) is 1.96. The summed E-state index contributed by atoms with van der Waals surface area (Å²) in [5.74, 6) is 0. The van der Waals surface area contributed by atoms with Gasteiger partial charge in [-0.2, -0.15) is 13.2 Å². The molecule has 0 aliphatic carbocycles. The average Bonchev–Trinajstić information content (AvgIpc) is 2.19. The molecule has 1 rings (SSSR count). The highest BCUT2D eigenvalue weighted by Gasteiger charge is 2.34. The summed E-state index contributed by atoms with van der Waals surface area (Å²) in [5.41, 5.74) is -0.928. The van der Waals surface area contributed by atoms with E-state index in [-0.39, 0.29) is 23.9 Å². The largest absolute Gasteiger partial charge is 0.418 e.